The fourth-order valence-electron chi connectivity index (χ4n) is 2.94. The fraction of sp³-hybridized carbons (Fsp3) is 0.389. The largest absolute Gasteiger partial charge is 0.497 e. The van der Waals surface area contributed by atoms with Gasteiger partial charge in [-0.05, 0) is 52.9 Å². The molecular formula is C18H22N2O2S. The summed E-state index contributed by atoms with van der Waals surface area (Å²) < 4.78 is 5.14. The summed E-state index contributed by atoms with van der Waals surface area (Å²) in [5.74, 6) is 1.35. The number of likely N-dealkylation sites (tertiary alicyclic amines) is 1. The molecule has 1 aromatic heterocycles. The van der Waals surface area contributed by atoms with Gasteiger partial charge in [0.15, 0.2) is 0 Å². The van der Waals surface area contributed by atoms with Crippen molar-refractivity contribution in [2.24, 2.45) is 0 Å². The third kappa shape index (κ3) is 4.05. The average Bonchev–Trinajstić information content (AvgIpc) is 3.26. The lowest BCUT2D eigenvalue weighted by Gasteiger charge is -2.17. The number of ether oxygens (including phenoxy) is 1. The van der Waals surface area contributed by atoms with E-state index in [1.165, 1.54) is 11.1 Å². The SMILES string of the molecule is COc1ccc(CCNC(=O)N2CCC(c3ccsc3)C2)cc1. The molecule has 0 saturated carbocycles. The molecule has 1 N–H and O–H groups in total. The van der Waals surface area contributed by atoms with Crippen LogP contribution in [0.2, 0.25) is 0 Å². The smallest absolute Gasteiger partial charge is 0.317 e. The summed E-state index contributed by atoms with van der Waals surface area (Å²) in [6.07, 6.45) is 1.89. The predicted octanol–water partition coefficient (Wildman–Crippen LogP) is 3.50. The van der Waals surface area contributed by atoms with Crippen molar-refractivity contribution in [2.45, 2.75) is 18.8 Å². The molecule has 23 heavy (non-hydrogen) atoms. The zero-order chi connectivity index (χ0) is 16.1. The first-order chi connectivity index (χ1) is 11.3. The van der Waals surface area contributed by atoms with Gasteiger partial charge in [-0.15, -0.1) is 0 Å². The lowest BCUT2D eigenvalue weighted by molar-refractivity contribution is 0.208. The summed E-state index contributed by atoms with van der Waals surface area (Å²) in [4.78, 5) is 14.2. The van der Waals surface area contributed by atoms with Crippen molar-refractivity contribution >= 4 is 17.4 Å². The Hall–Kier alpha value is -2.01. The first-order valence-electron chi connectivity index (χ1n) is 7.94. The number of benzene rings is 1. The van der Waals surface area contributed by atoms with Crippen molar-refractivity contribution in [3.8, 4) is 5.75 Å². The molecule has 5 heteroatoms. The Bertz CT molecular complexity index is 625. The van der Waals surface area contributed by atoms with Gasteiger partial charge in [0.1, 0.15) is 5.75 Å². The molecule has 1 saturated heterocycles. The zero-order valence-electron chi connectivity index (χ0n) is 13.3. The van der Waals surface area contributed by atoms with Crippen molar-refractivity contribution < 1.29 is 9.53 Å². The van der Waals surface area contributed by atoms with Gasteiger partial charge >= 0.3 is 6.03 Å². The number of methoxy groups -OCH3 is 1. The van der Waals surface area contributed by atoms with Crippen LogP contribution in [0.15, 0.2) is 41.1 Å². The number of rotatable bonds is 5. The Morgan fingerprint density at radius 1 is 1.35 bits per heavy atom. The minimum absolute atomic E-state index is 0.0521. The lowest BCUT2D eigenvalue weighted by atomic mass is 10.0. The first-order valence-corrected chi connectivity index (χ1v) is 8.88. The summed E-state index contributed by atoms with van der Waals surface area (Å²) in [5.41, 5.74) is 2.56. The van der Waals surface area contributed by atoms with Gasteiger partial charge in [-0.25, -0.2) is 4.79 Å². The van der Waals surface area contributed by atoms with E-state index < -0.39 is 0 Å². The van der Waals surface area contributed by atoms with E-state index in [9.17, 15) is 4.79 Å². The highest BCUT2D eigenvalue weighted by atomic mass is 32.1. The van der Waals surface area contributed by atoms with Crippen LogP contribution in [0.25, 0.3) is 0 Å². The number of carbonyl (C=O) groups is 1. The van der Waals surface area contributed by atoms with E-state index in [1.807, 2.05) is 29.2 Å². The summed E-state index contributed by atoms with van der Waals surface area (Å²) in [6.45, 7) is 2.32. The van der Waals surface area contributed by atoms with Gasteiger partial charge in [0.05, 0.1) is 7.11 Å². The predicted molar refractivity (Wildman–Crippen MR) is 93.3 cm³/mol. The summed E-state index contributed by atoms with van der Waals surface area (Å²) in [5, 5.41) is 7.32. The van der Waals surface area contributed by atoms with Crippen molar-refractivity contribution in [1.29, 1.82) is 0 Å². The maximum Gasteiger partial charge on any atom is 0.317 e. The normalized spacial score (nSPS) is 17.3. The maximum absolute atomic E-state index is 12.2. The fourth-order valence-corrected chi connectivity index (χ4v) is 3.68. The summed E-state index contributed by atoms with van der Waals surface area (Å²) in [7, 11) is 1.66. The Morgan fingerprint density at radius 3 is 2.87 bits per heavy atom. The third-order valence-corrected chi connectivity index (χ3v) is 5.04. The van der Waals surface area contributed by atoms with Gasteiger partial charge in [0.2, 0.25) is 0 Å². The van der Waals surface area contributed by atoms with E-state index in [4.69, 9.17) is 4.74 Å². The number of carbonyl (C=O) groups excluding carboxylic acids is 1. The number of nitrogens with one attached hydrogen (secondary N) is 1. The van der Waals surface area contributed by atoms with Crippen molar-refractivity contribution in [3.05, 3.63) is 52.2 Å². The molecule has 1 aliphatic rings. The third-order valence-electron chi connectivity index (χ3n) is 4.34. The minimum atomic E-state index is 0.0521. The minimum Gasteiger partial charge on any atom is -0.497 e. The standard InChI is InChI=1S/C18H22N2O2S/c1-22-17-4-2-14(3-5-17)6-9-19-18(21)20-10-7-15(12-20)16-8-11-23-13-16/h2-5,8,11,13,15H,6-7,9-10,12H2,1H3,(H,19,21). The van der Waals surface area contributed by atoms with E-state index in [2.05, 4.69) is 22.1 Å². The molecule has 0 radical (unpaired) electrons. The van der Waals surface area contributed by atoms with E-state index in [-0.39, 0.29) is 6.03 Å². The molecular weight excluding hydrogens is 308 g/mol. The van der Waals surface area contributed by atoms with Crippen LogP contribution in [0, 0.1) is 0 Å². The van der Waals surface area contributed by atoms with Crippen LogP contribution in [0.5, 0.6) is 5.75 Å². The van der Waals surface area contributed by atoms with Crippen molar-refractivity contribution in [2.75, 3.05) is 26.7 Å². The highest BCUT2D eigenvalue weighted by molar-refractivity contribution is 7.07. The molecule has 2 aromatic rings. The summed E-state index contributed by atoms with van der Waals surface area (Å²) in [6, 6.07) is 10.2. The van der Waals surface area contributed by atoms with Gasteiger partial charge in [0, 0.05) is 25.6 Å². The zero-order valence-corrected chi connectivity index (χ0v) is 14.1. The molecule has 0 bridgehead atoms. The van der Waals surface area contributed by atoms with Crippen LogP contribution in [-0.4, -0.2) is 37.7 Å². The van der Waals surface area contributed by atoms with Gasteiger partial charge in [-0.2, -0.15) is 11.3 Å². The Morgan fingerprint density at radius 2 is 2.17 bits per heavy atom. The van der Waals surface area contributed by atoms with Gasteiger partial charge in [-0.1, -0.05) is 12.1 Å². The molecule has 122 valence electrons. The lowest BCUT2D eigenvalue weighted by Crippen LogP contribution is -2.39. The van der Waals surface area contributed by atoms with Gasteiger partial charge in [-0.3, -0.25) is 0 Å². The number of hydrogen-bond acceptors (Lipinski definition) is 3. The number of nitrogens with zero attached hydrogens (tertiary/aromatic N) is 1. The van der Waals surface area contributed by atoms with E-state index >= 15 is 0 Å². The molecule has 2 amide bonds. The highest BCUT2D eigenvalue weighted by Crippen LogP contribution is 2.28. The molecule has 2 heterocycles. The number of amides is 2. The van der Waals surface area contributed by atoms with Gasteiger partial charge < -0.3 is 15.0 Å². The molecule has 4 nitrogen and oxygen atoms in total. The second-order valence-electron chi connectivity index (χ2n) is 5.82. The molecule has 0 aliphatic carbocycles. The second kappa shape index (κ2) is 7.51. The molecule has 1 unspecified atom stereocenters. The topological polar surface area (TPSA) is 41.6 Å². The van der Waals surface area contributed by atoms with Crippen LogP contribution < -0.4 is 10.1 Å². The maximum atomic E-state index is 12.2. The van der Waals surface area contributed by atoms with E-state index in [1.54, 1.807) is 18.4 Å². The number of thiophene rings is 1. The van der Waals surface area contributed by atoms with Crippen LogP contribution in [-0.2, 0) is 6.42 Å². The molecule has 1 aliphatic heterocycles. The van der Waals surface area contributed by atoms with E-state index in [0.29, 0.717) is 12.5 Å². The van der Waals surface area contributed by atoms with E-state index in [0.717, 1.165) is 31.7 Å². The van der Waals surface area contributed by atoms with Crippen LogP contribution in [0.1, 0.15) is 23.5 Å². The van der Waals surface area contributed by atoms with Crippen LogP contribution in [0.3, 0.4) is 0 Å². The molecule has 1 aromatic carbocycles. The van der Waals surface area contributed by atoms with Crippen molar-refractivity contribution in [3.63, 3.8) is 0 Å². The van der Waals surface area contributed by atoms with Crippen LogP contribution in [0.4, 0.5) is 4.79 Å². The molecule has 1 fully saturated rings. The number of hydrogen-bond donors (Lipinski definition) is 1. The Balaban J connectivity index is 1.43. The second-order valence-corrected chi connectivity index (χ2v) is 6.60. The Kier molecular flexibility index (Phi) is 5.18. The monoisotopic (exact) mass is 330 g/mol. The Labute approximate surface area is 141 Å². The summed E-state index contributed by atoms with van der Waals surface area (Å²) >= 11 is 1.72. The quantitative estimate of drug-likeness (QED) is 0.912. The van der Waals surface area contributed by atoms with Gasteiger partial charge in [0.25, 0.3) is 0 Å². The molecule has 0 spiro atoms. The molecule has 3 rings (SSSR count). The molecule has 1 atom stereocenters. The first kappa shape index (κ1) is 15.9. The van der Waals surface area contributed by atoms with Crippen molar-refractivity contribution in [1.82, 2.24) is 10.2 Å². The van der Waals surface area contributed by atoms with Crippen LogP contribution >= 0.6 is 11.3 Å². The average molecular weight is 330 g/mol. The number of urea groups is 1. The highest BCUT2D eigenvalue weighted by Gasteiger charge is 2.27.